The molecule has 0 aliphatic heterocycles. The molecule has 3 rings (SSSR count). The lowest BCUT2D eigenvalue weighted by Gasteiger charge is -2.18. The fourth-order valence-corrected chi connectivity index (χ4v) is 4.21. The summed E-state index contributed by atoms with van der Waals surface area (Å²) in [5.74, 6) is 0.104. The number of nitrogens with zero attached hydrogens (tertiary/aromatic N) is 3. The third kappa shape index (κ3) is 4.23. The van der Waals surface area contributed by atoms with E-state index < -0.39 is 33.6 Å². The Morgan fingerprint density at radius 1 is 1.00 bits per heavy atom. The average Bonchev–Trinajstić information content (AvgIpc) is 2.76. The molecule has 31 heavy (non-hydrogen) atoms. The quantitative estimate of drug-likeness (QED) is 0.551. The van der Waals surface area contributed by atoms with Crippen molar-refractivity contribution in [1.29, 1.82) is 0 Å². The third-order valence-corrected chi connectivity index (χ3v) is 6.71. The first-order valence-corrected chi connectivity index (χ1v) is 10.6. The van der Waals surface area contributed by atoms with Gasteiger partial charge in [0.15, 0.2) is 0 Å². The number of carbonyl (C=O) groups is 1. The second-order valence-corrected chi connectivity index (χ2v) is 8.96. The Balaban J connectivity index is 1.86. The number of carbonyl (C=O) groups excluding carboxylic acids is 1. The standard InChI is InChI=1S/C20H22N4O6S/c1-22(12-18(25)21-13-5-7-14(30-4)8-6-13)31(28,29)15-9-10-16-17(11-15)24(3)20(27)19(26)23(16)2/h5-11H,12H2,1-4H3,(H,21,25). The van der Waals surface area contributed by atoms with Gasteiger partial charge in [0, 0.05) is 26.8 Å². The molecule has 1 aromatic heterocycles. The Bertz CT molecular complexity index is 1370. The van der Waals surface area contributed by atoms with Gasteiger partial charge in [-0.05, 0) is 42.5 Å². The summed E-state index contributed by atoms with van der Waals surface area (Å²) in [6.45, 7) is -0.418. The van der Waals surface area contributed by atoms with E-state index >= 15 is 0 Å². The highest BCUT2D eigenvalue weighted by Crippen LogP contribution is 2.20. The first kappa shape index (κ1) is 22.2. The van der Waals surface area contributed by atoms with E-state index in [1.165, 1.54) is 51.0 Å². The van der Waals surface area contributed by atoms with Gasteiger partial charge < -0.3 is 19.2 Å². The molecule has 0 fully saturated rings. The summed E-state index contributed by atoms with van der Waals surface area (Å²) >= 11 is 0. The number of amides is 1. The molecule has 1 heterocycles. The van der Waals surface area contributed by atoms with Crippen molar-refractivity contribution in [2.75, 3.05) is 26.0 Å². The fraction of sp³-hybridized carbons (Fsp3) is 0.250. The maximum absolute atomic E-state index is 13.0. The maximum atomic E-state index is 13.0. The number of anilines is 1. The maximum Gasteiger partial charge on any atom is 0.316 e. The van der Waals surface area contributed by atoms with E-state index in [0.29, 0.717) is 17.0 Å². The number of aryl methyl sites for hydroxylation is 2. The van der Waals surface area contributed by atoms with Gasteiger partial charge in [-0.3, -0.25) is 14.4 Å². The number of aromatic nitrogens is 2. The van der Waals surface area contributed by atoms with Gasteiger partial charge >= 0.3 is 11.1 Å². The Kier molecular flexibility index (Phi) is 6.00. The van der Waals surface area contributed by atoms with Crippen LogP contribution in [0.25, 0.3) is 11.0 Å². The number of benzene rings is 2. The molecule has 164 valence electrons. The molecule has 0 atom stereocenters. The van der Waals surface area contributed by atoms with Crippen LogP contribution in [0.5, 0.6) is 5.75 Å². The number of fused-ring (bicyclic) bond motifs is 1. The molecule has 10 nitrogen and oxygen atoms in total. The van der Waals surface area contributed by atoms with Crippen molar-refractivity contribution in [3.63, 3.8) is 0 Å². The first-order chi connectivity index (χ1) is 14.6. The van der Waals surface area contributed by atoms with Crippen LogP contribution in [0.15, 0.2) is 56.9 Å². The number of hydrogen-bond donors (Lipinski definition) is 1. The van der Waals surface area contributed by atoms with E-state index in [1.54, 1.807) is 24.3 Å². The monoisotopic (exact) mass is 446 g/mol. The molecular formula is C20H22N4O6S. The minimum atomic E-state index is -4.03. The summed E-state index contributed by atoms with van der Waals surface area (Å²) in [4.78, 5) is 36.2. The largest absolute Gasteiger partial charge is 0.497 e. The zero-order valence-corrected chi connectivity index (χ0v) is 18.3. The fourth-order valence-electron chi connectivity index (χ4n) is 3.06. The predicted octanol–water partition coefficient (Wildman–Crippen LogP) is 0.505. The van der Waals surface area contributed by atoms with Crippen LogP contribution in [0.1, 0.15) is 0 Å². The summed E-state index contributed by atoms with van der Waals surface area (Å²) in [6.07, 6.45) is 0. The molecular weight excluding hydrogens is 424 g/mol. The first-order valence-electron chi connectivity index (χ1n) is 9.16. The Hall–Kier alpha value is -3.44. The minimum Gasteiger partial charge on any atom is -0.497 e. The summed E-state index contributed by atoms with van der Waals surface area (Å²) in [6, 6.07) is 10.7. The topological polar surface area (TPSA) is 120 Å². The lowest BCUT2D eigenvalue weighted by atomic mass is 10.3. The second-order valence-electron chi connectivity index (χ2n) is 6.92. The van der Waals surface area contributed by atoms with Crippen molar-refractivity contribution in [2.45, 2.75) is 4.90 Å². The lowest BCUT2D eigenvalue weighted by molar-refractivity contribution is -0.116. The highest BCUT2D eigenvalue weighted by Gasteiger charge is 2.24. The van der Waals surface area contributed by atoms with Crippen LogP contribution >= 0.6 is 0 Å². The summed E-state index contributed by atoms with van der Waals surface area (Å²) in [7, 11) is 1.62. The van der Waals surface area contributed by atoms with Crippen LogP contribution in [0.4, 0.5) is 5.69 Å². The summed E-state index contributed by atoms with van der Waals surface area (Å²) < 4.78 is 34.2. The molecule has 0 saturated carbocycles. The highest BCUT2D eigenvalue weighted by atomic mass is 32.2. The van der Waals surface area contributed by atoms with Gasteiger partial charge in [-0.2, -0.15) is 4.31 Å². The number of sulfonamides is 1. The van der Waals surface area contributed by atoms with E-state index in [2.05, 4.69) is 5.32 Å². The second kappa shape index (κ2) is 8.36. The number of hydrogen-bond acceptors (Lipinski definition) is 6. The number of nitrogens with one attached hydrogen (secondary N) is 1. The van der Waals surface area contributed by atoms with Crippen molar-refractivity contribution >= 4 is 32.7 Å². The normalized spacial score (nSPS) is 11.6. The average molecular weight is 446 g/mol. The zero-order chi connectivity index (χ0) is 22.9. The van der Waals surface area contributed by atoms with Gasteiger partial charge in [0.1, 0.15) is 5.75 Å². The molecule has 0 bridgehead atoms. The molecule has 0 aliphatic rings. The summed E-state index contributed by atoms with van der Waals surface area (Å²) in [5.41, 5.74) is -0.289. The van der Waals surface area contributed by atoms with Crippen LogP contribution in [0, 0.1) is 0 Å². The van der Waals surface area contributed by atoms with Crippen LogP contribution in [0.3, 0.4) is 0 Å². The van der Waals surface area contributed by atoms with Crippen LogP contribution < -0.4 is 21.2 Å². The number of likely N-dealkylation sites (N-methyl/N-ethyl adjacent to an activating group) is 1. The van der Waals surface area contributed by atoms with Crippen molar-refractivity contribution in [3.05, 3.63) is 63.2 Å². The molecule has 0 spiro atoms. The molecule has 1 N–H and O–H groups in total. The Morgan fingerprint density at radius 3 is 2.16 bits per heavy atom. The Labute approximate surface area is 178 Å². The molecule has 0 aliphatic carbocycles. The SMILES string of the molecule is COc1ccc(NC(=O)CN(C)S(=O)(=O)c2ccc3c(c2)n(C)c(=O)c(=O)n3C)cc1. The van der Waals surface area contributed by atoms with E-state index in [1.807, 2.05) is 0 Å². The molecule has 3 aromatic rings. The Morgan fingerprint density at radius 2 is 1.58 bits per heavy atom. The molecule has 0 saturated heterocycles. The van der Waals surface area contributed by atoms with E-state index in [-0.39, 0.29) is 10.4 Å². The molecule has 0 radical (unpaired) electrons. The van der Waals surface area contributed by atoms with Gasteiger partial charge in [0.2, 0.25) is 15.9 Å². The van der Waals surface area contributed by atoms with Crippen molar-refractivity contribution in [2.24, 2.45) is 14.1 Å². The van der Waals surface area contributed by atoms with Gasteiger partial charge in [-0.25, -0.2) is 8.42 Å². The van der Waals surface area contributed by atoms with Gasteiger partial charge in [0.25, 0.3) is 0 Å². The lowest BCUT2D eigenvalue weighted by Crippen LogP contribution is -2.39. The summed E-state index contributed by atoms with van der Waals surface area (Å²) in [5, 5.41) is 2.62. The van der Waals surface area contributed by atoms with E-state index in [0.717, 1.165) is 8.87 Å². The van der Waals surface area contributed by atoms with Crippen molar-refractivity contribution in [3.8, 4) is 5.75 Å². The van der Waals surface area contributed by atoms with Crippen LogP contribution in [-0.4, -0.2) is 48.5 Å². The van der Waals surface area contributed by atoms with Crippen LogP contribution in [0.2, 0.25) is 0 Å². The zero-order valence-electron chi connectivity index (χ0n) is 17.4. The van der Waals surface area contributed by atoms with Crippen LogP contribution in [-0.2, 0) is 28.9 Å². The van der Waals surface area contributed by atoms with Gasteiger partial charge in [0.05, 0.1) is 29.6 Å². The molecule has 11 heteroatoms. The third-order valence-electron chi connectivity index (χ3n) is 4.91. The predicted molar refractivity (Wildman–Crippen MR) is 116 cm³/mol. The molecule has 1 amide bonds. The van der Waals surface area contributed by atoms with Gasteiger partial charge in [-0.1, -0.05) is 0 Å². The number of rotatable bonds is 6. The van der Waals surface area contributed by atoms with Gasteiger partial charge in [-0.15, -0.1) is 0 Å². The smallest absolute Gasteiger partial charge is 0.316 e. The number of ether oxygens (including phenoxy) is 1. The minimum absolute atomic E-state index is 0.103. The van der Waals surface area contributed by atoms with Crippen molar-refractivity contribution < 1.29 is 17.9 Å². The molecule has 0 unspecified atom stereocenters. The highest BCUT2D eigenvalue weighted by molar-refractivity contribution is 7.89. The molecule has 2 aromatic carbocycles. The van der Waals surface area contributed by atoms with E-state index in [4.69, 9.17) is 4.74 Å². The van der Waals surface area contributed by atoms with Crippen molar-refractivity contribution in [1.82, 2.24) is 13.4 Å². The number of methoxy groups -OCH3 is 1. The van der Waals surface area contributed by atoms with E-state index in [9.17, 15) is 22.8 Å².